The highest BCUT2D eigenvalue weighted by molar-refractivity contribution is 14.0. The summed E-state index contributed by atoms with van der Waals surface area (Å²) in [5, 5.41) is 15.0. The molecule has 29 heavy (non-hydrogen) atoms. The molecule has 9 heteroatoms. The number of pyridine rings is 2. The maximum Gasteiger partial charge on any atom is 0.213 e. The van der Waals surface area contributed by atoms with Crippen LogP contribution in [0.3, 0.4) is 0 Å². The minimum atomic E-state index is 0. The van der Waals surface area contributed by atoms with Crippen molar-refractivity contribution in [2.75, 3.05) is 13.2 Å². The molecule has 2 N–H and O–H groups in total. The molecule has 1 aliphatic rings. The fraction of sp³-hybridized carbons (Fsp3) is 0.400. The zero-order valence-electron chi connectivity index (χ0n) is 16.4. The van der Waals surface area contributed by atoms with Gasteiger partial charge in [0.1, 0.15) is 0 Å². The second-order valence-corrected chi connectivity index (χ2v) is 6.85. The quantitative estimate of drug-likeness (QED) is 0.277. The van der Waals surface area contributed by atoms with Crippen molar-refractivity contribution < 1.29 is 4.74 Å². The van der Waals surface area contributed by atoms with Crippen LogP contribution >= 0.6 is 24.0 Å². The number of ether oxygens (including phenoxy) is 1. The highest BCUT2D eigenvalue weighted by Gasteiger charge is 2.22. The molecule has 3 heterocycles. The Morgan fingerprint density at radius 2 is 2.10 bits per heavy atom. The van der Waals surface area contributed by atoms with Gasteiger partial charge in [-0.2, -0.15) is 0 Å². The van der Waals surface area contributed by atoms with E-state index in [1.54, 1.807) is 0 Å². The van der Waals surface area contributed by atoms with Gasteiger partial charge in [-0.3, -0.25) is 4.40 Å². The molecule has 0 atom stereocenters. The molecule has 1 saturated carbocycles. The Labute approximate surface area is 187 Å². The van der Waals surface area contributed by atoms with Crippen LogP contribution in [0, 0.1) is 5.92 Å². The summed E-state index contributed by atoms with van der Waals surface area (Å²) >= 11 is 0. The van der Waals surface area contributed by atoms with Crippen LogP contribution < -0.4 is 15.4 Å². The average Bonchev–Trinajstić information content (AvgIpc) is 3.48. The van der Waals surface area contributed by atoms with Crippen LogP contribution in [-0.4, -0.2) is 38.7 Å². The number of nitrogens with one attached hydrogen (secondary N) is 2. The molecule has 8 nitrogen and oxygen atoms in total. The third kappa shape index (κ3) is 6.02. The Balaban J connectivity index is 0.00000240. The molecule has 0 radical (unpaired) electrons. The van der Waals surface area contributed by atoms with Gasteiger partial charge in [0.05, 0.1) is 19.7 Å². The maximum atomic E-state index is 5.68. The van der Waals surface area contributed by atoms with Crippen molar-refractivity contribution in [3.05, 3.63) is 54.1 Å². The van der Waals surface area contributed by atoms with E-state index in [-0.39, 0.29) is 24.0 Å². The van der Waals surface area contributed by atoms with Crippen LogP contribution in [0.25, 0.3) is 5.65 Å². The first-order valence-electron chi connectivity index (χ1n) is 9.70. The minimum Gasteiger partial charge on any atom is -0.477 e. The fourth-order valence-corrected chi connectivity index (χ4v) is 2.76. The predicted octanol–water partition coefficient (Wildman–Crippen LogP) is 2.79. The number of guanidine groups is 1. The summed E-state index contributed by atoms with van der Waals surface area (Å²) in [6.07, 6.45) is 6.32. The van der Waals surface area contributed by atoms with Crippen molar-refractivity contribution in [1.82, 2.24) is 30.2 Å². The van der Waals surface area contributed by atoms with Gasteiger partial charge in [0, 0.05) is 25.0 Å². The van der Waals surface area contributed by atoms with Crippen LogP contribution in [0.1, 0.15) is 31.2 Å². The van der Waals surface area contributed by atoms with Gasteiger partial charge in [0.2, 0.25) is 5.88 Å². The molecule has 154 valence electrons. The van der Waals surface area contributed by atoms with Crippen molar-refractivity contribution >= 4 is 35.6 Å². The zero-order chi connectivity index (χ0) is 19.2. The Bertz CT molecular complexity index is 937. The highest BCUT2D eigenvalue weighted by atomic mass is 127. The van der Waals surface area contributed by atoms with E-state index in [4.69, 9.17) is 4.74 Å². The third-order valence-electron chi connectivity index (χ3n) is 4.52. The third-order valence-corrected chi connectivity index (χ3v) is 4.52. The lowest BCUT2D eigenvalue weighted by molar-refractivity contribution is 0.288. The number of aliphatic imine (C=N–C) groups is 1. The predicted molar refractivity (Wildman–Crippen MR) is 123 cm³/mol. The van der Waals surface area contributed by atoms with Crippen LogP contribution in [0.5, 0.6) is 5.88 Å². The first-order chi connectivity index (χ1) is 13.8. The summed E-state index contributed by atoms with van der Waals surface area (Å²) in [4.78, 5) is 9.00. The molecule has 3 aromatic rings. The largest absolute Gasteiger partial charge is 0.477 e. The van der Waals surface area contributed by atoms with Gasteiger partial charge in [0.25, 0.3) is 0 Å². The summed E-state index contributed by atoms with van der Waals surface area (Å²) in [5.74, 6) is 2.97. The molecule has 1 fully saturated rings. The van der Waals surface area contributed by atoms with E-state index in [1.807, 2.05) is 54.0 Å². The van der Waals surface area contributed by atoms with Gasteiger partial charge in [0.15, 0.2) is 17.4 Å². The summed E-state index contributed by atoms with van der Waals surface area (Å²) in [6.45, 7) is 4.65. The molecular weight excluding hydrogens is 481 g/mol. The summed E-state index contributed by atoms with van der Waals surface area (Å²) in [7, 11) is 0. The minimum absolute atomic E-state index is 0. The summed E-state index contributed by atoms with van der Waals surface area (Å²) in [5.41, 5.74) is 1.86. The molecule has 0 spiro atoms. The Kier molecular flexibility index (Phi) is 7.62. The van der Waals surface area contributed by atoms with E-state index in [2.05, 4.69) is 30.8 Å². The fourth-order valence-electron chi connectivity index (χ4n) is 2.76. The number of rotatable bonds is 8. The molecular formula is C20H26IN7O. The standard InChI is InChI=1S/C20H25N7O.HI/c1-2-21-20(24-13-18-26-25-17-5-3-4-10-27(17)18)23-12-16-8-9-19(22-11-16)28-14-15-6-7-15;/h3-5,8-11,15H,2,6-7,12-14H2,1H3,(H2,21,23,24);1H. The lowest BCUT2D eigenvalue weighted by atomic mass is 10.3. The molecule has 4 rings (SSSR count). The highest BCUT2D eigenvalue weighted by Crippen LogP contribution is 2.29. The normalized spacial score (nSPS) is 13.8. The Hall–Kier alpha value is -2.43. The van der Waals surface area contributed by atoms with Gasteiger partial charge in [-0.15, -0.1) is 34.2 Å². The smallest absolute Gasteiger partial charge is 0.213 e. The van der Waals surface area contributed by atoms with Crippen molar-refractivity contribution in [3.63, 3.8) is 0 Å². The second-order valence-electron chi connectivity index (χ2n) is 6.85. The van der Waals surface area contributed by atoms with Crippen LogP contribution in [0.4, 0.5) is 0 Å². The van der Waals surface area contributed by atoms with E-state index < -0.39 is 0 Å². The summed E-state index contributed by atoms with van der Waals surface area (Å²) in [6, 6.07) is 9.76. The maximum absolute atomic E-state index is 5.68. The lowest BCUT2D eigenvalue weighted by Gasteiger charge is -2.10. The second kappa shape index (κ2) is 10.4. The number of fused-ring (bicyclic) bond motifs is 1. The monoisotopic (exact) mass is 507 g/mol. The topological polar surface area (TPSA) is 88.7 Å². The first-order valence-corrected chi connectivity index (χ1v) is 9.70. The van der Waals surface area contributed by atoms with E-state index in [0.29, 0.717) is 19.0 Å². The lowest BCUT2D eigenvalue weighted by Crippen LogP contribution is -2.37. The number of halogens is 1. The van der Waals surface area contributed by atoms with E-state index >= 15 is 0 Å². The molecule has 0 aromatic carbocycles. The molecule has 0 saturated heterocycles. The van der Waals surface area contributed by atoms with Gasteiger partial charge in [-0.25, -0.2) is 9.98 Å². The zero-order valence-corrected chi connectivity index (χ0v) is 18.7. The van der Waals surface area contributed by atoms with Gasteiger partial charge >= 0.3 is 0 Å². The summed E-state index contributed by atoms with van der Waals surface area (Å²) < 4.78 is 7.64. The molecule has 0 aliphatic heterocycles. The SMILES string of the molecule is CCNC(=NCc1ccc(OCC2CC2)nc1)NCc1nnc2ccccn12.I. The molecule has 1 aliphatic carbocycles. The van der Waals surface area contributed by atoms with E-state index in [0.717, 1.165) is 42.1 Å². The number of hydrogen-bond donors (Lipinski definition) is 2. The number of hydrogen-bond acceptors (Lipinski definition) is 5. The first kappa shape index (κ1) is 21.3. The van der Waals surface area contributed by atoms with Gasteiger partial charge in [-0.1, -0.05) is 12.1 Å². The number of aromatic nitrogens is 4. The van der Waals surface area contributed by atoms with Crippen LogP contribution in [-0.2, 0) is 13.1 Å². The van der Waals surface area contributed by atoms with E-state index in [1.165, 1.54) is 12.8 Å². The van der Waals surface area contributed by atoms with Crippen LogP contribution in [0.15, 0.2) is 47.7 Å². The van der Waals surface area contributed by atoms with Crippen LogP contribution in [0.2, 0.25) is 0 Å². The van der Waals surface area contributed by atoms with Crippen molar-refractivity contribution in [2.45, 2.75) is 32.9 Å². The van der Waals surface area contributed by atoms with Crippen molar-refractivity contribution in [1.29, 1.82) is 0 Å². The Morgan fingerprint density at radius 1 is 1.21 bits per heavy atom. The molecule has 0 amide bonds. The Morgan fingerprint density at radius 3 is 2.86 bits per heavy atom. The molecule has 0 bridgehead atoms. The molecule has 0 unspecified atom stereocenters. The van der Waals surface area contributed by atoms with Crippen molar-refractivity contribution in [3.8, 4) is 5.88 Å². The number of nitrogens with zero attached hydrogens (tertiary/aromatic N) is 5. The van der Waals surface area contributed by atoms with Crippen molar-refractivity contribution in [2.24, 2.45) is 10.9 Å². The van der Waals surface area contributed by atoms with E-state index in [9.17, 15) is 0 Å². The van der Waals surface area contributed by atoms with Gasteiger partial charge < -0.3 is 15.4 Å². The molecule has 3 aromatic heterocycles. The average molecular weight is 507 g/mol. The van der Waals surface area contributed by atoms with Gasteiger partial charge in [-0.05, 0) is 43.4 Å².